The number of nitrogens with one attached hydrogen (secondary N) is 1. The minimum Gasteiger partial charge on any atom is -0.300 e. The quantitative estimate of drug-likeness (QED) is 0.774. The van der Waals surface area contributed by atoms with Gasteiger partial charge in [-0.1, -0.05) is 0 Å². The average Bonchev–Trinajstić information content (AvgIpc) is 2.99. The monoisotopic (exact) mass is 341 g/mol. The van der Waals surface area contributed by atoms with E-state index in [2.05, 4.69) is 31.0 Å². The zero-order chi connectivity index (χ0) is 12.5. The summed E-state index contributed by atoms with van der Waals surface area (Å²) in [5.74, 6) is 0.537. The van der Waals surface area contributed by atoms with Gasteiger partial charge in [0.05, 0.1) is 6.33 Å². The Morgan fingerprint density at radius 2 is 2.16 bits per heavy atom. The van der Waals surface area contributed by atoms with Crippen molar-refractivity contribution in [3.63, 3.8) is 0 Å². The number of nitrogens with zero attached hydrogens (tertiary/aromatic N) is 4. The number of pyridine rings is 1. The lowest BCUT2D eigenvalue weighted by Gasteiger charge is -1.99. The summed E-state index contributed by atoms with van der Waals surface area (Å²) in [4.78, 5) is 20.3. The van der Waals surface area contributed by atoms with E-state index in [1.165, 1.54) is 4.68 Å². The van der Waals surface area contributed by atoms with E-state index < -0.39 is 0 Å². The number of rotatable bonds is 2. The molecule has 3 aromatic rings. The lowest BCUT2D eigenvalue weighted by molar-refractivity contribution is 0.816. The molecule has 0 saturated carbocycles. The molecule has 0 aromatic carbocycles. The van der Waals surface area contributed by atoms with E-state index >= 15 is 0 Å². The van der Waals surface area contributed by atoms with Crippen LogP contribution < -0.4 is 5.56 Å². The first-order chi connectivity index (χ1) is 8.75. The Labute approximate surface area is 122 Å². The highest BCUT2D eigenvalue weighted by Crippen LogP contribution is 2.09. The molecule has 3 rings (SSSR count). The van der Waals surface area contributed by atoms with Gasteiger partial charge in [-0.2, -0.15) is 4.68 Å². The number of hydrogen-bond donors (Lipinski definition) is 1. The lowest BCUT2D eigenvalue weighted by atomic mass is 10.4. The van der Waals surface area contributed by atoms with Crippen LogP contribution in [0.2, 0.25) is 0 Å². The van der Waals surface area contributed by atoms with Gasteiger partial charge >= 0.3 is 0 Å². The second kappa shape index (κ2) is 5.41. The number of H-pyrrole nitrogens is 1. The first-order valence-electron chi connectivity index (χ1n) is 5.16. The van der Waals surface area contributed by atoms with Gasteiger partial charge in [-0.25, -0.2) is 9.97 Å². The summed E-state index contributed by atoms with van der Waals surface area (Å²) >= 11 is 3.30. The van der Waals surface area contributed by atoms with E-state index in [0.29, 0.717) is 11.5 Å². The summed E-state index contributed by atoms with van der Waals surface area (Å²) in [7, 11) is 0. The van der Waals surface area contributed by atoms with Gasteiger partial charge in [-0.15, -0.1) is 12.4 Å². The van der Waals surface area contributed by atoms with Gasteiger partial charge < -0.3 is 0 Å². The molecule has 0 amide bonds. The van der Waals surface area contributed by atoms with Crippen molar-refractivity contribution in [1.82, 2.24) is 24.3 Å². The van der Waals surface area contributed by atoms with E-state index in [-0.39, 0.29) is 18.0 Å². The normalized spacial score (nSPS) is 10.2. The first-order valence-corrected chi connectivity index (χ1v) is 5.96. The molecule has 0 fully saturated rings. The molecule has 0 aliphatic rings. The summed E-state index contributed by atoms with van der Waals surface area (Å²) in [6.45, 7) is 0. The van der Waals surface area contributed by atoms with Gasteiger partial charge in [-0.05, 0) is 28.1 Å². The molecule has 0 atom stereocenters. The fourth-order valence-corrected chi connectivity index (χ4v) is 1.85. The van der Waals surface area contributed by atoms with Crippen LogP contribution in [0.1, 0.15) is 0 Å². The SMILES string of the molecule is Cl.O=c1c(-n2ccnc2)c[nH]n1-c1ccc(Br)cn1. The number of aromatic amines is 1. The van der Waals surface area contributed by atoms with E-state index in [9.17, 15) is 4.79 Å². The zero-order valence-electron chi connectivity index (χ0n) is 9.52. The van der Waals surface area contributed by atoms with E-state index in [1.54, 1.807) is 41.7 Å². The van der Waals surface area contributed by atoms with Gasteiger partial charge in [0.2, 0.25) is 0 Å². The first kappa shape index (κ1) is 13.6. The molecular formula is C11H9BrClN5O. The van der Waals surface area contributed by atoms with Gasteiger partial charge in [0.1, 0.15) is 5.69 Å². The Morgan fingerprint density at radius 3 is 2.79 bits per heavy atom. The molecule has 0 bridgehead atoms. The summed E-state index contributed by atoms with van der Waals surface area (Å²) in [5.41, 5.74) is 0.319. The van der Waals surface area contributed by atoms with Crippen LogP contribution in [0.15, 0.2) is 52.5 Å². The van der Waals surface area contributed by atoms with Crippen LogP contribution in [-0.2, 0) is 0 Å². The van der Waals surface area contributed by atoms with Crippen molar-refractivity contribution in [2.24, 2.45) is 0 Å². The Bertz CT molecular complexity index is 716. The molecule has 0 aliphatic heterocycles. The molecule has 3 aromatic heterocycles. The maximum Gasteiger partial charge on any atom is 0.296 e. The minimum atomic E-state index is -0.178. The predicted molar refractivity (Wildman–Crippen MR) is 76.3 cm³/mol. The smallest absolute Gasteiger partial charge is 0.296 e. The molecule has 0 unspecified atom stereocenters. The van der Waals surface area contributed by atoms with Crippen molar-refractivity contribution in [2.45, 2.75) is 0 Å². The zero-order valence-corrected chi connectivity index (χ0v) is 11.9. The lowest BCUT2D eigenvalue weighted by Crippen LogP contribution is -2.18. The van der Waals surface area contributed by atoms with Gasteiger partial charge in [0.15, 0.2) is 5.82 Å². The molecule has 98 valence electrons. The fourth-order valence-electron chi connectivity index (χ4n) is 1.62. The fraction of sp³-hybridized carbons (Fsp3) is 0. The Kier molecular flexibility index (Phi) is 3.87. The van der Waals surface area contributed by atoms with E-state index in [0.717, 1.165) is 4.47 Å². The van der Waals surface area contributed by atoms with Gasteiger partial charge in [0.25, 0.3) is 5.56 Å². The van der Waals surface area contributed by atoms with Crippen LogP contribution in [0.5, 0.6) is 0 Å². The summed E-state index contributed by atoms with van der Waals surface area (Å²) < 4.78 is 3.89. The molecule has 0 spiro atoms. The van der Waals surface area contributed by atoms with Crippen molar-refractivity contribution >= 4 is 28.3 Å². The van der Waals surface area contributed by atoms with Crippen LogP contribution in [0.4, 0.5) is 0 Å². The van der Waals surface area contributed by atoms with Crippen molar-refractivity contribution in [3.8, 4) is 11.5 Å². The average molecular weight is 343 g/mol. The van der Waals surface area contributed by atoms with Gasteiger partial charge in [0, 0.05) is 29.3 Å². The minimum absolute atomic E-state index is 0. The molecule has 0 aliphatic carbocycles. The molecule has 6 nitrogen and oxygen atoms in total. The second-order valence-corrected chi connectivity index (χ2v) is 4.52. The molecule has 8 heteroatoms. The van der Waals surface area contributed by atoms with Crippen molar-refractivity contribution in [1.29, 1.82) is 0 Å². The third-order valence-electron chi connectivity index (χ3n) is 2.48. The molecule has 0 saturated heterocycles. The topological polar surface area (TPSA) is 68.5 Å². The molecule has 1 N–H and O–H groups in total. The third-order valence-corrected chi connectivity index (χ3v) is 2.95. The maximum absolute atomic E-state index is 12.2. The van der Waals surface area contributed by atoms with Crippen LogP contribution in [-0.4, -0.2) is 24.3 Å². The van der Waals surface area contributed by atoms with E-state index in [1.807, 2.05) is 6.07 Å². The standard InChI is InChI=1S/C11H8BrN5O.ClH/c12-8-1-2-10(14-5-8)17-11(18)9(6-15-17)16-4-3-13-7-16;/h1-7,15H;1H. The number of imidazole rings is 1. The van der Waals surface area contributed by atoms with E-state index in [4.69, 9.17) is 0 Å². The van der Waals surface area contributed by atoms with Crippen LogP contribution >= 0.6 is 28.3 Å². The summed E-state index contributed by atoms with van der Waals surface area (Å²) in [5, 5.41) is 2.88. The molecule has 3 heterocycles. The third kappa shape index (κ3) is 2.47. The Balaban J connectivity index is 0.00000133. The van der Waals surface area contributed by atoms with Crippen LogP contribution in [0.25, 0.3) is 11.5 Å². The number of halogens is 2. The summed E-state index contributed by atoms with van der Waals surface area (Å²) in [6.07, 6.45) is 8.16. The second-order valence-electron chi connectivity index (χ2n) is 3.60. The van der Waals surface area contributed by atoms with Crippen LogP contribution in [0, 0.1) is 0 Å². The molecule has 0 radical (unpaired) electrons. The highest BCUT2D eigenvalue weighted by atomic mass is 79.9. The number of aromatic nitrogens is 5. The Hall–Kier alpha value is -1.86. The van der Waals surface area contributed by atoms with Crippen molar-refractivity contribution in [2.75, 3.05) is 0 Å². The van der Waals surface area contributed by atoms with Crippen molar-refractivity contribution < 1.29 is 0 Å². The highest BCUT2D eigenvalue weighted by Gasteiger charge is 2.09. The largest absolute Gasteiger partial charge is 0.300 e. The van der Waals surface area contributed by atoms with Gasteiger partial charge in [-0.3, -0.25) is 14.5 Å². The number of hydrogen-bond acceptors (Lipinski definition) is 3. The predicted octanol–water partition coefficient (Wildman–Crippen LogP) is 1.93. The molecule has 19 heavy (non-hydrogen) atoms. The molecular weight excluding hydrogens is 334 g/mol. The summed E-state index contributed by atoms with van der Waals surface area (Å²) in [6, 6.07) is 3.58. The van der Waals surface area contributed by atoms with Crippen molar-refractivity contribution in [3.05, 3.63) is 58.1 Å². The Morgan fingerprint density at radius 1 is 1.32 bits per heavy atom. The maximum atomic E-state index is 12.2. The highest BCUT2D eigenvalue weighted by molar-refractivity contribution is 9.10. The van der Waals surface area contributed by atoms with Crippen LogP contribution in [0.3, 0.4) is 0 Å².